The molecule has 32 heavy (non-hydrogen) atoms. The van der Waals surface area contributed by atoms with Crippen molar-refractivity contribution in [3.8, 4) is 0 Å². The van der Waals surface area contributed by atoms with Crippen molar-refractivity contribution in [1.82, 2.24) is 0 Å². The van der Waals surface area contributed by atoms with E-state index in [1.165, 1.54) is 0 Å². The monoisotopic (exact) mass is 435 g/mol. The second-order valence-electron chi connectivity index (χ2n) is 7.74. The van der Waals surface area contributed by atoms with Crippen molar-refractivity contribution in [2.24, 2.45) is 0 Å². The molecule has 0 saturated heterocycles. The van der Waals surface area contributed by atoms with Crippen LogP contribution in [-0.2, 0) is 11.3 Å². The molecule has 0 amide bonds. The number of pyridine rings is 1. The number of fused-ring (bicyclic) bond motifs is 1. The van der Waals surface area contributed by atoms with Crippen molar-refractivity contribution in [2.75, 3.05) is 18.0 Å². The topological polar surface area (TPSA) is 74.6 Å². The molecule has 0 spiro atoms. The van der Waals surface area contributed by atoms with Crippen LogP contribution in [0.4, 0.5) is 5.69 Å². The average molecular weight is 436 g/mol. The van der Waals surface area contributed by atoms with Gasteiger partial charge in [-0.15, -0.1) is 0 Å². The largest absolute Gasteiger partial charge is 0.481 e. The zero-order valence-electron chi connectivity index (χ0n) is 18.8. The van der Waals surface area contributed by atoms with Crippen LogP contribution in [0.3, 0.4) is 0 Å². The Morgan fingerprint density at radius 1 is 1.06 bits per heavy atom. The Hall–Kier alpha value is -3.41. The van der Waals surface area contributed by atoms with E-state index >= 15 is 0 Å². The van der Waals surface area contributed by atoms with Gasteiger partial charge in [-0.3, -0.25) is 4.79 Å². The minimum Gasteiger partial charge on any atom is -0.481 e. The van der Waals surface area contributed by atoms with E-state index in [4.69, 9.17) is 9.52 Å². The van der Waals surface area contributed by atoms with Crippen molar-refractivity contribution in [3.63, 3.8) is 0 Å². The number of anilines is 1. The van der Waals surface area contributed by atoms with Gasteiger partial charge in [0.2, 0.25) is 5.69 Å². The second kappa shape index (κ2) is 11.3. The molecule has 3 rings (SSSR count). The molecule has 0 bridgehead atoms. The van der Waals surface area contributed by atoms with Crippen molar-refractivity contribution >= 4 is 34.8 Å². The Morgan fingerprint density at radius 3 is 2.62 bits per heavy atom. The summed E-state index contributed by atoms with van der Waals surface area (Å²) >= 11 is 0. The van der Waals surface area contributed by atoms with Crippen LogP contribution < -0.4 is 15.1 Å². The number of carboxylic acid groups (broad SMARTS) is 1. The third kappa shape index (κ3) is 6.06. The van der Waals surface area contributed by atoms with E-state index in [0.29, 0.717) is 17.6 Å². The lowest BCUT2D eigenvalue weighted by Gasteiger charge is -2.20. The van der Waals surface area contributed by atoms with Gasteiger partial charge in [-0.05, 0) is 57.0 Å². The molecule has 2 heterocycles. The van der Waals surface area contributed by atoms with Gasteiger partial charge in [0, 0.05) is 61.3 Å². The second-order valence-corrected chi connectivity index (χ2v) is 7.74. The molecule has 0 fully saturated rings. The first-order chi connectivity index (χ1) is 15.5. The maximum Gasteiger partial charge on any atom is 0.343 e. The zero-order chi connectivity index (χ0) is 22.9. The number of hydrogen-bond acceptors (Lipinski definition) is 4. The highest BCUT2D eigenvalue weighted by Crippen LogP contribution is 2.22. The Bertz CT molecular complexity index is 1150. The van der Waals surface area contributed by atoms with Gasteiger partial charge in [-0.25, -0.2) is 4.79 Å². The van der Waals surface area contributed by atoms with Crippen LogP contribution in [0, 0.1) is 0 Å². The number of rotatable bonds is 11. The van der Waals surface area contributed by atoms with Crippen molar-refractivity contribution < 1.29 is 18.9 Å². The summed E-state index contributed by atoms with van der Waals surface area (Å²) in [7, 11) is 0. The summed E-state index contributed by atoms with van der Waals surface area (Å²) < 4.78 is 7.72. The van der Waals surface area contributed by atoms with E-state index in [-0.39, 0.29) is 12.0 Å². The van der Waals surface area contributed by atoms with E-state index < -0.39 is 5.97 Å². The minimum absolute atomic E-state index is 0.209. The highest BCUT2D eigenvalue weighted by Gasteiger charge is 2.09. The van der Waals surface area contributed by atoms with Crippen molar-refractivity contribution in [2.45, 2.75) is 46.1 Å². The van der Waals surface area contributed by atoms with Crippen LogP contribution >= 0.6 is 0 Å². The van der Waals surface area contributed by atoms with Gasteiger partial charge < -0.3 is 14.4 Å². The minimum atomic E-state index is -0.750. The SMILES string of the molecule is CCN(CC)c1ccc2cc(C=Cc3cccc[n+]3CCCCCC(=O)O)c(=O)oc2c1. The smallest absolute Gasteiger partial charge is 0.343 e. The van der Waals surface area contributed by atoms with Crippen LogP contribution in [0.1, 0.15) is 50.8 Å². The normalized spacial score (nSPS) is 11.3. The fourth-order valence-corrected chi connectivity index (χ4v) is 3.77. The van der Waals surface area contributed by atoms with Gasteiger partial charge >= 0.3 is 11.6 Å². The highest BCUT2D eigenvalue weighted by atomic mass is 16.4. The maximum atomic E-state index is 12.6. The number of nitrogens with zero attached hydrogens (tertiary/aromatic N) is 2. The Labute approximate surface area is 188 Å². The van der Waals surface area contributed by atoms with E-state index in [1.807, 2.05) is 48.7 Å². The maximum absolute atomic E-state index is 12.6. The van der Waals surface area contributed by atoms with Crippen LogP contribution in [0.25, 0.3) is 23.1 Å². The molecule has 6 heteroatoms. The predicted octanol–water partition coefficient (Wildman–Crippen LogP) is 4.74. The number of unbranched alkanes of at least 4 members (excludes halogenated alkanes) is 2. The van der Waals surface area contributed by atoms with Crippen molar-refractivity contribution in [3.05, 3.63) is 70.3 Å². The number of hydrogen-bond donors (Lipinski definition) is 1. The lowest BCUT2D eigenvalue weighted by atomic mass is 10.1. The van der Waals surface area contributed by atoms with Crippen molar-refractivity contribution in [1.29, 1.82) is 0 Å². The van der Waals surface area contributed by atoms with Crippen LogP contribution in [0.15, 0.2) is 57.9 Å². The molecule has 2 aromatic heterocycles. The summed E-state index contributed by atoms with van der Waals surface area (Å²) in [5.41, 5.74) is 2.75. The van der Waals surface area contributed by atoms with Crippen LogP contribution in [0.2, 0.25) is 0 Å². The van der Waals surface area contributed by atoms with E-state index in [0.717, 1.165) is 49.2 Å². The molecule has 6 nitrogen and oxygen atoms in total. The summed E-state index contributed by atoms with van der Waals surface area (Å²) in [4.78, 5) is 25.4. The Morgan fingerprint density at radius 2 is 1.88 bits per heavy atom. The first-order valence-electron chi connectivity index (χ1n) is 11.2. The molecule has 0 aliphatic rings. The molecule has 0 atom stereocenters. The molecular weight excluding hydrogens is 404 g/mol. The van der Waals surface area contributed by atoms with Crippen LogP contribution in [0.5, 0.6) is 0 Å². The molecule has 168 valence electrons. The summed E-state index contributed by atoms with van der Waals surface area (Å²) in [6.45, 7) is 6.78. The van der Waals surface area contributed by atoms with Crippen LogP contribution in [-0.4, -0.2) is 24.2 Å². The number of carbonyl (C=O) groups is 1. The van der Waals surface area contributed by atoms with E-state index in [9.17, 15) is 9.59 Å². The van der Waals surface area contributed by atoms with Gasteiger partial charge in [-0.2, -0.15) is 4.57 Å². The zero-order valence-corrected chi connectivity index (χ0v) is 18.8. The molecular formula is C26H31N2O4+. The van der Waals surface area contributed by atoms with Gasteiger partial charge in [0.05, 0.1) is 5.56 Å². The number of carboxylic acids is 1. The van der Waals surface area contributed by atoms with E-state index in [1.54, 1.807) is 6.08 Å². The lowest BCUT2D eigenvalue weighted by Crippen LogP contribution is -2.36. The molecule has 0 aliphatic heterocycles. The number of aliphatic carboxylic acids is 1. The first kappa shape index (κ1) is 23.3. The van der Waals surface area contributed by atoms with Gasteiger partial charge in [-0.1, -0.05) is 0 Å². The highest BCUT2D eigenvalue weighted by molar-refractivity contribution is 5.83. The molecule has 0 radical (unpaired) electrons. The summed E-state index contributed by atoms with van der Waals surface area (Å²) in [6, 6.07) is 13.7. The van der Waals surface area contributed by atoms with Gasteiger partial charge in [0.1, 0.15) is 12.1 Å². The third-order valence-electron chi connectivity index (χ3n) is 5.57. The molecule has 1 N–H and O–H groups in total. The van der Waals surface area contributed by atoms with E-state index in [2.05, 4.69) is 29.4 Å². The molecule has 1 aromatic carbocycles. The number of benzene rings is 1. The Balaban J connectivity index is 1.77. The molecule has 3 aromatic rings. The van der Waals surface area contributed by atoms with Gasteiger partial charge in [0.25, 0.3) is 0 Å². The fourth-order valence-electron chi connectivity index (χ4n) is 3.77. The number of aryl methyl sites for hydroxylation is 1. The summed E-state index contributed by atoms with van der Waals surface area (Å²) in [6.07, 6.45) is 8.35. The lowest BCUT2D eigenvalue weighted by molar-refractivity contribution is -0.699. The molecule has 0 aliphatic carbocycles. The predicted molar refractivity (Wildman–Crippen MR) is 128 cm³/mol. The summed E-state index contributed by atoms with van der Waals surface area (Å²) in [5.74, 6) is -0.750. The third-order valence-corrected chi connectivity index (χ3v) is 5.57. The Kier molecular flexibility index (Phi) is 8.20. The quantitative estimate of drug-likeness (QED) is 0.267. The standard InChI is InChI=1S/C26H30N2O4/c1-3-27(4-2)23-15-12-20-18-21(26(31)32-24(20)19-23)13-14-22-10-7-9-17-28(22)16-8-5-6-11-25(29)30/h7,9-10,12-15,17-19H,3-6,8,11,16H2,1-2H3/p+1. The number of aromatic nitrogens is 1. The summed E-state index contributed by atoms with van der Waals surface area (Å²) in [5, 5.41) is 9.64. The van der Waals surface area contributed by atoms with Gasteiger partial charge in [0.15, 0.2) is 6.20 Å². The average Bonchev–Trinajstić information content (AvgIpc) is 2.78. The fraction of sp³-hybridized carbons (Fsp3) is 0.346. The molecule has 0 saturated carbocycles. The molecule has 0 unspecified atom stereocenters. The first-order valence-corrected chi connectivity index (χ1v) is 11.2.